The molecule has 1 aliphatic heterocycles. The molecule has 2 rings (SSSR count). The maximum atomic E-state index is 12.2. The summed E-state index contributed by atoms with van der Waals surface area (Å²) in [4.78, 5) is 28.5. The van der Waals surface area contributed by atoms with E-state index in [1.54, 1.807) is 29.0 Å². The predicted molar refractivity (Wildman–Crippen MR) is 73.8 cm³/mol. The minimum atomic E-state index is -0.104. The number of carbonyl (C=O) groups is 2. The van der Waals surface area contributed by atoms with Crippen molar-refractivity contribution < 1.29 is 9.59 Å². The molecule has 0 radical (unpaired) electrons. The third-order valence-electron chi connectivity index (χ3n) is 2.87. The van der Waals surface area contributed by atoms with Crippen LogP contribution in [-0.2, 0) is 4.79 Å². The fourth-order valence-electron chi connectivity index (χ4n) is 1.75. The highest BCUT2D eigenvalue weighted by atomic mass is 32.1. The third kappa shape index (κ3) is 3.13. The number of likely N-dealkylation sites (N-methyl/N-ethyl adjacent to an activating group) is 1. The molecule has 2 amide bonds. The van der Waals surface area contributed by atoms with Gasteiger partial charge >= 0.3 is 0 Å². The Kier molecular flexibility index (Phi) is 4.20. The Morgan fingerprint density at radius 1 is 1.47 bits per heavy atom. The molecule has 100 valence electrons. The summed E-state index contributed by atoms with van der Waals surface area (Å²) in [5, 5.41) is 0. The minimum absolute atomic E-state index is 0.0284. The number of carbonyl (C=O) groups excluding carboxylic acids is 2. The first-order valence-electron chi connectivity index (χ1n) is 5.94. The van der Waals surface area contributed by atoms with Gasteiger partial charge in [-0.25, -0.2) is 0 Å². The minimum Gasteiger partial charge on any atom is -0.342 e. The molecule has 5 nitrogen and oxygen atoms in total. The van der Waals surface area contributed by atoms with Crippen molar-refractivity contribution in [1.29, 1.82) is 0 Å². The molecule has 1 aromatic rings. The van der Waals surface area contributed by atoms with Crippen LogP contribution in [0.2, 0.25) is 0 Å². The SMILES string of the molecule is CN1CCN(C(=O)c2ccc(C#CCN)s2)CC1=O. The van der Waals surface area contributed by atoms with Gasteiger partial charge < -0.3 is 15.5 Å². The lowest BCUT2D eigenvalue weighted by molar-refractivity contribution is -0.133. The number of hydrogen-bond acceptors (Lipinski definition) is 4. The molecule has 0 aliphatic carbocycles. The second kappa shape index (κ2) is 5.87. The van der Waals surface area contributed by atoms with Gasteiger partial charge in [0.15, 0.2) is 0 Å². The fraction of sp³-hybridized carbons (Fsp3) is 0.385. The van der Waals surface area contributed by atoms with Crippen molar-refractivity contribution in [3.05, 3.63) is 21.9 Å². The highest BCUT2D eigenvalue weighted by molar-refractivity contribution is 7.14. The van der Waals surface area contributed by atoms with Crippen LogP contribution in [0.4, 0.5) is 0 Å². The van der Waals surface area contributed by atoms with E-state index in [0.29, 0.717) is 24.5 Å². The largest absolute Gasteiger partial charge is 0.342 e. The Labute approximate surface area is 116 Å². The van der Waals surface area contributed by atoms with Crippen LogP contribution in [0.25, 0.3) is 0 Å². The smallest absolute Gasteiger partial charge is 0.264 e. The summed E-state index contributed by atoms with van der Waals surface area (Å²) in [5.74, 6) is 5.51. The van der Waals surface area contributed by atoms with Crippen LogP contribution in [0.5, 0.6) is 0 Å². The number of rotatable bonds is 1. The lowest BCUT2D eigenvalue weighted by Crippen LogP contribution is -2.50. The molecule has 6 heteroatoms. The molecule has 0 bridgehead atoms. The quantitative estimate of drug-likeness (QED) is 0.733. The zero-order valence-corrected chi connectivity index (χ0v) is 11.5. The van der Waals surface area contributed by atoms with Crippen molar-refractivity contribution in [2.45, 2.75) is 0 Å². The van der Waals surface area contributed by atoms with Crippen LogP contribution in [0.15, 0.2) is 12.1 Å². The summed E-state index contributed by atoms with van der Waals surface area (Å²) in [6, 6.07) is 3.55. The fourth-order valence-corrected chi connectivity index (χ4v) is 2.59. The molecule has 1 aromatic heterocycles. The Balaban J connectivity index is 2.07. The van der Waals surface area contributed by atoms with Gasteiger partial charge in [-0.2, -0.15) is 0 Å². The van der Waals surface area contributed by atoms with Crippen LogP contribution < -0.4 is 5.73 Å². The summed E-state index contributed by atoms with van der Waals surface area (Å²) < 4.78 is 0. The Morgan fingerprint density at radius 2 is 2.26 bits per heavy atom. The van der Waals surface area contributed by atoms with E-state index in [4.69, 9.17) is 5.73 Å². The van der Waals surface area contributed by atoms with Crippen molar-refractivity contribution in [3.63, 3.8) is 0 Å². The van der Waals surface area contributed by atoms with Crippen LogP contribution in [-0.4, -0.2) is 54.8 Å². The molecule has 2 N–H and O–H groups in total. The maximum absolute atomic E-state index is 12.2. The van der Waals surface area contributed by atoms with E-state index in [1.165, 1.54) is 11.3 Å². The molecular formula is C13H15N3O2S. The first-order valence-corrected chi connectivity index (χ1v) is 6.75. The average Bonchev–Trinajstić information content (AvgIpc) is 2.87. The molecular weight excluding hydrogens is 262 g/mol. The molecule has 0 atom stereocenters. The van der Waals surface area contributed by atoms with Gasteiger partial charge in [-0.15, -0.1) is 11.3 Å². The highest BCUT2D eigenvalue weighted by Crippen LogP contribution is 2.18. The van der Waals surface area contributed by atoms with Crippen molar-refractivity contribution in [3.8, 4) is 11.8 Å². The molecule has 0 spiro atoms. The summed E-state index contributed by atoms with van der Waals surface area (Å²) in [5.41, 5.74) is 5.30. The van der Waals surface area contributed by atoms with Crippen molar-refractivity contribution >= 4 is 23.2 Å². The van der Waals surface area contributed by atoms with E-state index in [0.717, 1.165) is 4.88 Å². The van der Waals surface area contributed by atoms with Gasteiger partial charge in [-0.05, 0) is 12.1 Å². The second-order valence-corrected chi connectivity index (χ2v) is 5.30. The normalized spacial score (nSPS) is 15.2. The number of hydrogen-bond donors (Lipinski definition) is 1. The third-order valence-corrected chi connectivity index (χ3v) is 3.86. The lowest BCUT2D eigenvalue weighted by atomic mass is 10.3. The van der Waals surface area contributed by atoms with Crippen molar-refractivity contribution in [2.24, 2.45) is 5.73 Å². The lowest BCUT2D eigenvalue weighted by Gasteiger charge is -2.31. The highest BCUT2D eigenvalue weighted by Gasteiger charge is 2.26. The zero-order valence-electron chi connectivity index (χ0n) is 10.7. The van der Waals surface area contributed by atoms with E-state index in [2.05, 4.69) is 11.8 Å². The summed E-state index contributed by atoms with van der Waals surface area (Å²) >= 11 is 1.33. The molecule has 0 unspecified atom stereocenters. The summed E-state index contributed by atoms with van der Waals surface area (Å²) in [6.07, 6.45) is 0. The molecule has 0 saturated carbocycles. The van der Waals surface area contributed by atoms with Gasteiger partial charge in [-0.3, -0.25) is 9.59 Å². The van der Waals surface area contributed by atoms with E-state index >= 15 is 0 Å². The molecule has 19 heavy (non-hydrogen) atoms. The Hall–Kier alpha value is -1.84. The van der Waals surface area contributed by atoms with E-state index < -0.39 is 0 Å². The monoisotopic (exact) mass is 277 g/mol. The number of amides is 2. The molecule has 1 saturated heterocycles. The predicted octanol–water partition coefficient (Wildman–Crippen LogP) is -0.0275. The first kappa shape index (κ1) is 13.6. The van der Waals surface area contributed by atoms with Gasteiger partial charge in [0, 0.05) is 20.1 Å². The number of thiophene rings is 1. The van der Waals surface area contributed by atoms with E-state index in [9.17, 15) is 9.59 Å². The number of piperazine rings is 1. The Bertz CT molecular complexity index is 556. The first-order chi connectivity index (χ1) is 9.11. The van der Waals surface area contributed by atoms with Crippen LogP contribution in [0.3, 0.4) is 0 Å². The summed E-state index contributed by atoms with van der Waals surface area (Å²) in [7, 11) is 1.75. The molecule has 1 aliphatic rings. The standard InChI is InChI=1S/C13H15N3O2S/c1-15-7-8-16(9-12(15)17)13(18)11-5-4-10(19-11)3-2-6-14/h4-5H,6-9,14H2,1H3. The van der Waals surface area contributed by atoms with Crippen molar-refractivity contribution in [2.75, 3.05) is 33.2 Å². The number of nitrogens with two attached hydrogens (primary N) is 1. The molecule has 1 fully saturated rings. The van der Waals surface area contributed by atoms with E-state index in [-0.39, 0.29) is 18.4 Å². The topological polar surface area (TPSA) is 66.6 Å². The van der Waals surface area contributed by atoms with Gasteiger partial charge in [-0.1, -0.05) is 11.8 Å². The molecule has 0 aromatic carbocycles. The van der Waals surface area contributed by atoms with Gasteiger partial charge in [0.1, 0.15) is 6.54 Å². The van der Waals surface area contributed by atoms with Crippen LogP contribution in [0.1, 0.15) is 14.5 Å². The van der Waals surface area contributed by atoms with E-state index in [1.807, 2.05) is 0 Å². The van der Waals surface area contributed by atoms with Crippen LogP contribution >= 0.6 is 11.3 Å². The maximum Gasteiger partial charge on any atom is 0.264 e. The zero-order chi connectivity index (χ0) is 13.8. The van der Waals surface area contributed by atoms with Gasteiger partial charge in [0.05, 0.1) is 16.3 Å². The van der Waals surface area contributed by atoms with Crippen LogP contribution in [0, 0.1) is 11.8 Å². The number of nitrogens with zero attached hydrogens (tertiary/aromatic N) is 2. The molecule has 2 heterocycles. The second-order valence-electron chi connectivity index (χ2n) is 4.21. The Morgan fingerprint density at radius 3 is 2.95 bits per heavy atom. The van der Waals surface area contributed by atoms with Gasteiger partial charge in [0.2, 0.25) is 5.91 Å². The van der Waals surface area contributed by atoms with Gasteiger partial charge in [0.25, 0.3) is 5.91 Å². The summed E-state index contributed by atoms with van der Waals surface area (Å²) in [6.45, 7) is 1.60. The average molecular weight is 277 g/mol. The van der Waals surface area contributed by atoms with Crippen molar-refractivity contribution in [1.82, 2.24) is 9.80 Å².